The Balaban J connectivity index is 1.18. The summed E-state index contributed by atoms with van der Waals surface area (Å²) in [7, 11) is 0. The smallest absolute Gasteiger partial charge is 0.184 e. The van der Waals surface area contributed by atoms with E-state index in [0.717, 1.165) is 44.2 Å². The van der Waals surface area contributed by atoms with Gasteiger partial charge in [-0.15, -0.1) is 0 Å². The number of allylic oxidation sites excluding steroid dienone is 1. The standard InChI is InChI=1S/C23H26N2O2/c1-2-5-20-18(4-1)8-9-19(20)10-11-24-12-14-25(15-13-24)21-6-3-7-22-23(21)27-17-16-26-22/h1-9,19H,10-17H2. The van der Waals surface area contributed by atoms with E-state index in [-0.39, 0.29) is 0 Å². The molecule has 5 rings (SSSR count). The average Bonchev–Trinajstić information content (AvgIpc) is 3.15. The molecule has 140 valence electrons. The maximum atomic E-state index is 5.90. The molecule has 2 aromatic carbocycles. The molecule has 1 atom stereocenters. The van der Waals surface area contributed by atoms with Crippen molar-refractivity contribution in [2.75, 3.05) is 50.8 Å². The Bertz CT molecular complexity index is 840. The van der Waals surface area contributed by atoms with Crippen molar-refractivity contribution in [2.45, 2.75) is 12.3 Å². The highest BCUT2D eigenvalue weighted by molar-refractivity contribution is 5.65. The lowest BCUT2D eigenvalue weighted by atomic mass is 9.97. The summed E-state index contributed by atoms with van der Waals surface area (Å²) in [6.07, 6.45) is 5.85. The predicted octanol–water partition coefficient (Wildman–Crippen LogP) is 3.78. The largest absolute Gasteiger partial charge is 0.486 e. The molecule has 2 aromatic rings. The van der Waals surface area contributed by atoms with E-state index in [1.54, 1.807) is 0 Å². The Morgan fingerprint density at radius 2 is 1.74 bits per heavy atom. The van der Waals surface area contributed by atoms with Crippen LogP contribution in [0, 0.1) is 0 Å². The van der Waals surface area contributed by atoms with Crippen LogP contribution in [0.5, 0.6) is 11.5 Å². The van der Waals surface area contributed by atoms with Crippen molar-refractivity contribution in [1.82, 2.24) is 4.90 Å². The van der Waals surface area contributed by atoms with Crippen LogP contribution < -0.4 is 14.4 Å². The third-order valence-electron chi connectivity index (χ3n) is 5.92. The Hall–Kier alpha value is -2.46. The fourth-order valence-electron chi connectivity index (χ4n) is 4.42. The van der Waals surface area contributed by atoms with Crippen molar-refractivity contribution in [3.63, 3.8) is 0 Å². The maximum absolute atomic E-state index is 5.90. The monoisotopic (exact) mass is 362 g/mol. The van der Waals surface area contributed by atoms with Crippen molar-refractivity contribution in [3.8, 4) is 11.5 Å². The van der Waals surface area contributed by atoms with Gasteiger partial charge in [0.15, 0.2) is 11.5 Å². The topological polar surface area (TPSA) is 24.9 Å². The number of hydrogen-bond acceptors (Lipinski definition) is 4. The summed E-state index contributed by atoms with van der Waals surface area (Å²) in [5.74, 6) is 2.38. The molecule has 1 unspecified atom stereocenters. The Labute approximate surface area is 161 Å². The highest BCUT2D eigenvalue weighted by atomic mass is 16.6. The molecule has 3 aliphatic rings. The third kappa shape index (κ3) is 3.30. The zero-order chi connectivity index (χ0) is 18.1. The van der Waals surface area contributed by atoms with Crippen molar-refractivity contribution < 1.29 is 9.47 Å². The highest BCUT2D eigenvalue weighted by Gasteiger charge is 2.24. The van der Waals surface area contributed by atoms with E-state index in [1.807, 2.05) is 6.07 Å². The van der Waals surface area contributed by atoms with Crippen molar-refractivity contribution in [2.24, 2.45) is 0 Å². The Kier molecular flexibility index (Phi) is 4.50. The molecular formula is C23H26N2O2. The summed E-state index contributed by atoms with van der Waals surface area (Å²) < 4.78 is 11.6. The van der Waals surface area contributed by atoms with E-state index in [9.17, 15) is 0 Å². The lowest BCUT2D eigenvalue weighted by molar-refractivity contribution is 0.171. The maximum Gasteiger partial charge on any atom is 0.184 e. The molecule has 0 radical (unpaired) electrons. The minimum Gasteiger partial charge on any atom is -0.486 e. The Morgan fingerprint density at radius 3 is 2.67 bits per heavy atom. The fourth-order valence-corrected chi connectivity index (χ4v) is 4.42. The fraction of sp³-hybridized carbons (Fsp3) is 0.391. The van der Waals surface area contributed by atoms with Crippen LogP contribution in [0.3, 0.4) is 0 Å². The number of fused-ring (bicyclic) bond motifs is 2. The van der Waals surface area contributed by atoms with Gasteiger partial charge in [0.1, 0.15) is 13.2 Å². The lowest BCUT2D eigenvalue weighted by Gasteiger charge is -2.37. The van der Waals surface area contributed by atoms with Crippen LogP contribution in [0.15, 0.2) is 48.5 Å². The molecule has 4 nitrogen and oxygen atoms in total. The van der Waals surface area contributed by atoms with Gasteiger partial charge in [-0.05, 0) is 36.2 Å². The van der Waals surface area contributed by atoms with Crippen LogP contribution in [0.4, 0.5) is 5.69 Å². The van der Waals surface area contributed by atoms with Gasteiger partial charge >= 0.3 is 0 Å². The van der Waals surface area contributed by atoms with Crippen LogP contribution in [-0.2, 0) is 0 Å². The number of piperazine rings is 1. The minimum absolute atomic E-state index is 0.575. The number of benzene rings is 2. The number of nitrogens with zero attached hydrogens (tertiary/aromatic N) is 2. The molecule has 0 bridgehead atoms. The van der Waals surface area contributed by atoms with Gasteiger partial charge in [0.2, 0.25) is 0 Å². The normalized spacial score (nSPS) is 21.3. The summed E-state index contributed by atoms with van der Waals surface area (Å²) in [5.41, 5.74) is 4.06. The quantitative estimate of drug-likeness (QED) is 0.826. The van der Waals surface area contributed by atoms with Gasteiger partial charge in [-0.25, -0.2) is 0 Å². The van der Waals surface area contributed by atoms with E-state index in [1.165, 1.54) is 23.2 Å². The molecule has 0 spiro atoms. The van der Waals surface area contributed by atoms with E-state index in [0.29, 0.717) is 19.1 Å². The number of hydrogen-bond donors (Lipinski definition) is 0. The third-order valence-corrected chi connectivity index (χ3v) is 5.92. The second-order valence-electron chi connectivity index (χ2n) is 7.51. The highest BCUT2D eigenvalue weighted by Crippen LogP contribution is 2.40. The van der Waals surface area contributed by atoms with Crippen LogP contribution in [0.1, 0.15) is 23.5 Å². The average molecular weight is 362 g/mol. The SMILES string of the molecule is C1=CC(CCN2CCN(c3cccc4c3OCCO4)CC2)c2ccccc21. The van der Waals surface area contributed by atoms with Gasteiger partial charge in [0.05, 0.1) is 5.69 Å². The molecule has 2 aliphatic heterocycles. The summed E-state index contributed by atoms with van der Waals surface area (Å²) in [6, 6.07) is 15.0. The molecule has 1 aliphatic carbocycles. The molecule has 0 amide bonds. The molecule has 1 saturated heterocycles. The molecule has 0 N–H and O–H groups in total. The minimum atomic E-state index is 0.575. The molecule has 0 aromatic heterocycles. The van der Waals surface area contributed by atoms with Gasteiger partial charge in [-0.3, -0.25) is 4.90 Å². The second-order valence-corrected chi connectivity index (χ2v) is 7.51. The summed E-state index contributed by atoms with van der Waals surface area (Å²) >= 11 is 0. The first-order valence-corrected chi connectivity index (χ1v) is 10.0. The van der Waals surface area contributed by atoms with Crippen molar-refractivity contribution >= 4 is 11.8 Å². The van der Waals surface area contributed by atoms with Crippen LogP contribution in [-0.4, -0.2) is 50.8 Å². The first-order valence-electron chi connectivity index (χ1n) is 10.0. The number of anilines is 1. The predicted molar refractivity (Wildman–Crippen MR) is 109 cm³/mol. The van der Waals surface area contributed by atoms with Crippen LogP contribution in [0.2, 0.25) is 0 Å². The van der Waals surface area contributed by atoms with E-state index < -0.39 is 0 Å². The second kappa shape index (κ2) is 7.28. The molecular weight excluding hydrogens is 336 g/mol. The van der Waals surface area contributed by atoms with Gasteiger partial charge in [-0.2, -0.15) is 0 Å². The van der Waals surface area contributed by atoms with Crippen LogP contribution in [0.25, 0.3) is 6.08 Å². The molecule has 2 heterocycles. The first kappa shape index (κ1) is 16.7. The summed E-state index contributed by atoms with van der Waals surface area (Å²) in [5, 5.41) is 0. The zero-order valence-corrected chi connectivity index (χ0v) is 15.6. The molecule has 0 saturated carbocycles. The van der Waals surface area contributed by atoms with Crippen molar-refractivity contribution in [1.29, 1.82) is 0 Å². The summed E-state index contributed by atoms with van der Waals surface area (Å²) in [6.45, 7) is 6.71. The molecule has 1 fully saturated rings. The van der Waals surface area contributed by atoms with Gasteiger partial charge < -0.3 is 14.4 Å². The molecule has 27 heavy (non-hydrogen) atoms. The van der Waals surface area contributed by atoms with Gasteiger partial charge in [-0.1, -0.05) is 42.5 Å². The summed E-state index contributed by atoms with van der Waals surface area (Å²) in [4.78, 5) is 5.03. The van der Waals surface area contributed by atoms with Crippen molar-refractivity contribution in [3.05, 3.63) is 59.7 Å². The number of rotatable bonds is 4. The van der Waals surface area contributed by atoms with Gasteiger partial charge in [0, 0.05) is 32.1 Å². The van der Waals surface area contributed by atoms with E-state index >= 15 is 0 Å². The lowest BCUT2D eigenvalue weighted by Crippen LogP contribution is -2.47. The van der Waals surface area contributed by atoms with E-state index in [2.05, 4.69) is 58.4 Å². The zero-order valence-electron chi connectivity index (χ0n) is 15.6. The number of ether oxygens (including phenoxy) is 2. The van der Waals surface area contributed by atoms with E-state index in [4.69, 9.17) is 9.47 Å². The first-order chi connectivity index (χ1) is 13.4. The Morgan fingerprint density at radius 1 is 0.889 bits per heavy atom. The van der Waals surface area contributed by atoms with Gasteiger partial charge in [0.25, 0.3) is 0 Å². The molecule has 4 heteroatoms. The van der Waals surface area contributed by atoms with Crippen LogP contribution >= 0.6 is 0 Å². The number of para-hydroxylation sites is 1.